The van der Waals surface area contributed by atoms with Crippen LogP contribution >= 0.6 is 11.3 Å². The van der Waals surface area contributed by atoms with E-state index in [4.69, 9.17) is 14.2 Å². The van der Waals surface area contributed by atoms with Gasteiger partial charge in [-0.1, -0.05) is 11.3 Å². The Morgan fingerprint density at radius 3 is 2.88 bits per heavy atom. The predicted octanol–water partition coefficient (Wildman–Crippen LogP) is 1.93. The fourth-order valence-electron chi connectivity index (χ4n) is 2.76. The van der Waals surface area contributed by atoms with Crippen LogP contribution in [0.25, 0.3) is 10.2 Å². The molecule has 0 N–H and O–H groups in total. The summed E-state index contributed by atoms with van der Waals surface area (Å²) in [5, 5.41) is 4.10. The van der Waals surface area contributed by atoms with Crippen LogP contribution < -0.4 is 19.0 Å². The van der Waals surface area contributed by atoms with Gasteiger partial charge in [-0.3, -0.25) is 9.48 Å². The third kappa shape index (κ3) is 2.56. The average Bonchev–Trinajstić information content (AvgIpc) is 3.28. The van der Waals surface area contributed by atoms with E-state index in [1.807, 2.05) is 23.6 Å². The van der Waals surface area contributed by atoms with Crippen molar-refractivity contribution in [3.63, 3.8) is 0 Å². The first-order valence-corrected chi connectivity index (χ1v) is 8.52. The van der Waals surface area contributed by atoms with Crippen molar-refractivity contribution < 1.29 is 19.0 Å². The number of fused-ring (bicyclic) bond motifs is 2. The normalized spacial score (nSPS) is 13.6. The highest BCUT2D eigenvalue weighted by molar-refractivity contribution is 7.16. The molecule has 1 aromatic carbocycles. The molecule has 0 saturated heterocycles. The van der Waals surface area contributed by atoms with Gasteiger partial charge in [0.2, 0.25) is 12.7 Å². The summed E-state index contributed by atoms with van der Waals surface area (Å²) in [6.45, 7) is 2.91. The molecule has 3 heterocycles. The second kappa shape index (κ2) is 5.92. The number of rotatable bonds is 3. The van der Waals surface area contributed by atoms with E-state index in [1.165, 1.54) is 23.1 Å². The zero-order valence-electron chi connectivity index (χ0n) is 14.0. The SMILES string of the molecule is CCn1c(=NC(=O)c2cn(C)nc2OC)sc2cc3c(cc21)OCO3. The molecule has 0 unspecified atom stereocenters. The molecule has 4 rings (SSSR count). The maximum absolute atomic E-state index is 12.6. The number of hydrogen-bond donors (Lipinski definition) is 0. The number of aromatic nitrogens is 3. The molecule has 1 aliphatic rings. The Labute approximate surface area is 146 Å². The lowest BCUT2D eigenvalue weighted by molar-refractivity contribution is 0.0995. The minimum atomic E-state index is -0.390. The van der Waals surface area contributed by atoms with E-state index in [1.54, 1.807) is 13.2 Å². The van der Waals surface area contributed by atoms with Gasteiger partial charge in [-0.2, -0.15) is 4.99 Å². The standard InChI is InChI=1S/C16H16N4O4S/c1-4-20-10-5-11-12(24-8-23-11)6-13(10)25-16(20)17-14(21)9-7-19(2)18-15(9)22-3/h5-7H,4,8H2,1-3H3. The highest BCUT2D eigenvalue weighted by Crippen LogP contribution is 2.36. The maximum atomic E-state index is 12.6. The molecule has 3 aromatic rings. The van der Waals surface area contributed by atoms with Crippen LogP contribution in [0.5, 0.6) is 17.4 Å². The van der Waals surface area contributed by atoms with Gasteiger partial charge in [-0.25, -0.2) is 0 Å². The smallest absolute Gasteiger partial charge is 0.286 e. The quantitative estimate of drug-likeness (QED) is 0.713. The molecule has 130 valence electrons. The molecule has 8 nitrogen and oxygen atoms in total. The summed E-state index contributed by atoms with van der Waals surface area (Å²) >= 11 is 1.43. The van der Waals surface area contributed by atoms with Crippen LogP contribution in [0, 0.1) is 0 Å². The van der Waals surface area contributed by atoms with E-state index in [2.05, 4.69) is 10.1 Å². The number of carbonyl (C=O) groups excluding carboxylic acids is 1. The van der Waals surface area contributed by atoms with Crippen LogP contribution in [0.3, 0.4) is 0 Å². The Morgan fingerprint density at radius 1 is 1.40 bits per heavy atom. The van der Waals surface area contributed by atoms with Crippen LogP contribution in [-0.4, -0.2) is 34.2 Å². The van der Waals surface area contributed by atoms with Gasteiger partial charge >= 0.3 is 0 Å². The van der Waals surface area contributed by atoms with Gasteiger partial charge in [-0.15, -0.1) is 5.10 Å². The van der Waals surface area contributed by atoms with Gasteiger partial charge in [0, 0.05) is 31.9 Å². The van der Waals surface area contributed by atoms with Crippen molar-refractivity contribution in [2.24, 2.45) is 12.0 Å². The predicted molar refractivity (Wildman–Crippen MR) is 91.3 cm³/mol. The van der Waals surface area contributed by atoms with Gasteiger partial charge in [0.25, 0.3) is 5.91 Å². The van der Waals surface area contributed by atoms with Crippen LogP contribution in [0.4, 0.5) is 0 Å². The lowest BCUT2D eigenvalue weighted by Gasteiger charge is -2.01. The number of carbonyl (C=O) groups is 1. The van der Waals surface area contributed by atoms with Crippen molar-refractivity contribution in [1.82, 2.24) is 14.3 Å². The first-order chi connectivity index (χ1) is 12.1. The highest BCUT2D eigenvalue weighted by Gasteiger charge is 2.19. The lowest BCUT2D eigenvalue weighted by atomic mass is 10.3. The Bertz CT molecular complexity index is 1050. The summed E-state index contributed by atoms with van der Waals surface area (Å²) in [5.74, 6) is 1.29. The molecule has 25 heavy (non-hydrogen) atoms. The van der Waals surface area contributed by atoms with Gasteiger partial charge < -0.3 is 18.8 Å². The minimum Gasteiger partial charge on any atom is -0.479 e. The van der Waals surface area contributed by atoms with Crippen molar-refractivity contribution in [2.45, 2.75) is 13.5 Å². The first kappa shape index (κ1) is 15.7. The van der Waals surface area contributed by atoms with Gasteiger partial charge in [0.1, 0.15) is 5.56 Å². The zero-order valence-corrected chi connectivity index (χ0v) is 14.8. The summed E-state index contributed by atoms with van der Waals surface area (Å²) in [6.07, 6.45) is 1.60. The highest BCUT2D eigenvalue weighted by atomic mass is 32.1. The number of ether oxygens (including phenoxy) is 3. The number of aryl methyl sites for hydroxylation is 2. The van der Waals surface area contributed by atoms with E-state index in [0.717, 1.165) is 10.2 Å². The first-order valence-electron chi connectivity index (χ1n) is 7.70. The maximum Gasteiger partial charge on any atom is 0.286 e. The number of methoxy groups -OCH3 is 1. The monoisotopic (exact) mass is 360 g/mol. The van der Waals surface area contributed by atoms with E-state index in [-0.39, 0.29) is 12.7 Å². The number of amides is 1. The van der Waals surface area contributed by atoms with Crippen molar-refractivity contribution in [2.75, 3.05) is 13.9 Å². The number of thiazole rings is 1. The summed E-state index contributed by atoms with van der Waals surface area (Å²) in [4.78, 5) is 17.5. The van der Waals surface area contributed by atoms with Crippen LogP contribution in [0.2, 0.25) is 0 Å². The van der Waals surface area contributed by atoms with Crippen molar-refractivity contribution >= 4 is 27.5 Å². The van der Waals surface area contributed by atoms with Gasteiger partial charge in [0.05, 0.1) is 17.3 Å². The Kier molecular flexibility index (Phi) is 3.72. The molecule has 0 fully saturated rings. The molecule has 2 aromatic heterocycles. The summed E-state index contributed by atoms with van der Waals surface area (Å²) in [6, 6.07) is 3.84. The number of nitrogens with zero attached hydrogens (tertiary/aromatic N) is 4. The largest absolute Gasteiger partial charge is 0.479 e. The molecule has 0 saturated carbocycles. The molecule has 0 spiro atoms. The van der Waals surface area contributed by atoms with Crippen LogP contribution in [0.15, 0.2) is 23.3 Å². The zero-order chi connectivity index (χ0) is 17.6. The molecule has 9 heteroatoms. The molecular weight excluding hydrogens is 344 g/mol. The Morgan fingerprint density at radius 2 is 2.16 bits per heavy atom. The summed E-state index contributed by atoms with van der Waals surface area (Å²) < 4.78 is 20.5. The van der Waals surface area contributed by atoms with Crippen LogP contribution in [-0.2, 0) is 13.6 Å². The fourth-order valence-corrected chi connectivity index (χ4v) is 3.87. The Hall–Kier alpha value is -2.81. The average molecular weight is 360 g/mol. The topological polar surface area (TPSA) is 79.9 Å². The molecule has 1 amide bonds. The fraction of sp³-hybridized carbons (Fsp3) is 0.312. The van der Waals surface area contributed by atoms with E-state index in [9.17, 15) is 4.79 Å². The molecule has 0 radical (unpaired) electrons. The third-order valence-corrected chi connectivity index (χ3v) is 4.95. The second-order valence-electron chi connectivity index (χ2n) is 5.44. The molecule has 0 bridgehead atoms. The van der Waals surface area contributed by atoms with Crippen LogP contribution in [0.1, 0.15) is 17.3 Å². The van der Waals surface area contributed by atoms with Crippen molar-refractivity contribution in [3.8, 4) is 17.4 Å². The van der Waals surface area contributed by atoms with E-state index in [0.29, 0.717) is 28.4 Å². The second-order valence-corrected chi connectivity index (χ2v) is 6.45. The van der Waals surface area contributed by atoms with E-state index < -0.39 is 5.91 Å². The molecule has 0 aliphatic carbocycles. The Balaban J connectivity index is 1.85. The van der Waals surface area contributed by atoms with Crippen molar-refractivity contribution in [1.29, 1.82) is 0 Å². The summed E-state index contributed by atoms with van der Waals surface area (Å²) in [7, 11) is 3.21. The number of hydrogen-bond acceptors (Lipinski definition) is 6. The summed E-state index contributed by atoms with van der Waals surface area (Å²) in [5.41, 5.74) is 1.29. The van der Waals surface area contributed by atoms with E-state index >= 15 is 0 Å². The lowest BCUT2D eigenvalue weighted by Crippen LogP contribution is -2.16. The van der Waals surface area contributed by atoms with Crippen molar-refractivity contribution in [3.05, 3.63) is 28.7 Å². The molecular formula is C16H16N4O4S. The number of benzene rings is 1. The minimum absolute atomic E-state index is 0.231. The molecule has 0 atom stereocenters. The van der Waals surface area contributed by atoms with Gasteiger partial charge in [-0.05, 0) is 6.92 Å². The third-order valence-electron chi connectivity index (χ3n) is 3.91. The molecule has 1 aliphatic heterocycles. The van der Waals surface area contributed by atoms with Gasteiger partial charge in [0.15, 0.2) is 16.3 Å².